The van der Waals surface area contributed by atoms with Crippen LogP contribution in [0.5, 0.6) is 0 Å². The van der Waals surface area contributed by atoms with E-state index < -0.39 is 0 Å². The SMILES string of the molecule is CNC(c1ccc(Cl)c(Cl)c1)c1ncccn1. The second-order valence-corrected chi connectivity index (χ2v) is 4.32. The number of hydrogen-bond donors (Lipinski definition) is 1. The Labute approximate surface area is 110 Å². The van der Waals surface area contributed by atoms with E-state index in [0.717, 1.165) is 5.56 Å². The largest absolute Gasteiger partial charge is 0.307 e. The smallest absolute Gasteiger partial charge is 0.149 e. The Kier molecular flexibility index (Phi) is 3.94. The van der Waals surface area contributed by atoms with Gasteiger partial charge in [-0.15, -0.1) is 0 Å². The van der Waals surface area contributed by atoms with Crippen molar-refractivity contribution in [3.63, 3.8) is 0 Å². The summed E-state index contributed by atoms with van der Waals surface area (Å²) in [5.41, 5.74) is 0.980. The van der Waals surface area contributed by atoms with Gasteiger partial charge in [-0.05, 0) is 30.8 Å². The monoisotopic (exact) mass is 267 g/mol. The third kappa shape index (κ3) is 2.75. The van der Waals surface area contributed by atoms with Crippen molar-refractivity contribution in [1.29, 1.82) is 0 Å². The third-order valence-corrected chi connectivity index (χ3v) is 3.15. The summed E-state index contributed by atoms with van der Waals surface area (Å²) in [6.07, 6.45) is 3.42. The fourth-order valence-electron chi connectivity index (χ4n) is 1.60. The molecule has 0 aliphatic heterocycles. The summed E-state index contributed by atoms with van der Waals surface area (Å²) in [7, 11) is 1.85. The Morgan fingerprint density at radius 1 is 1.12 bits per heavy atom. The maximum absolute atomic E-state index is 6.00. The highest BCUT2D eigenvalue weighted by atomic mass is 35.5. The third-order valence-electron chi connectivity index (χ3n) is 2.41. The summed E-state index contributed by atoms with van der Waals surface area (Å²) in [6.45, 7) is 0. The van der Waals surface area contributed by atoms with E-state index in [4.69, 9.17) is 23.2 Å². The van der Waals surface area contributed by atoms with Crippen molar-refractivity contribution in [3.05, 3.63) is 58.1 Å². The van der Waals surface area contributed by atoms with Gasteiger partial charge >= 0.3 is 0 Å². The van der Waals surface area contributed by atoms with Crippen LogP contribution in [0.3, 0.4) is 0 Å². The van der Waals surface area contributed by atoms with Crippen LogP contribution in [0.1, 0.15) is 17.4 Å². The molecule has 0 saturated carbocycles. The highest BCUT2D eigenvalue weighted by Gasteiger charge is 2.15. The molecule has 1 N–H and O–H groups in total. The summed E-state index contributed by atoms with van der Waals surface area (Å²) in [5.74, 6) is 0.702. The van der Waals surface area contributed by atoms with E-state index in [0.29, 0.717) is 15.9 Å². The molecule has 0 aliphatic rings. The van der Waals surface area contributed by atoms with Crippen LogP contribution in [0.25, 0.3) is 0 Å². The molecule has 2 rings (SSSR count). The fraction of sp³-hybridized carbons (Fsp3) is 0.167. The van der Waals surface area contributed by atoms with Gasteiger partial charge in [0.15, 0.2) is 0 Å². The zero-order valence-corrected chi connectivity index (χ0v) is 10.7. The summed E-state index contributed by atoms with van der Waals surface area (Å²) in [4.78, 5) is 8.46. The Morgan fingerprint density at radius 3 is 2.41 bits per heavy atom. The first-order valence-corrected chi connectivity index (χ1v) is 5.87. The highest BCUT2D eigenvalue weighted by molar-refractivity contribution is 6.42. The number of rotatable bonds is 3. The van der Waals surface area contributed by atoms with Crippen molar-refractivity contribution in [2.75, 3.05) is 7.05 Å². The molecule has 0 radical (unpaired) electrons. The molecule has 0 fully saturated rings. The fourth-order valence-corrected chi connectivity index (χ4v) is 1.90. The minimum Gasteiger partial charge on any atom is -0.307 e. The van der Waals surface area contributed by atoms with Crippen LogP contribution in [0.4, 0.5) is 0 Å². The molecule has 1 aromatic heterocycles. The number of nitrogens with zero attached hydrogens (tertiary/aromatic N) is 2. The minimum absolute atomic E-state index is 0.0917. The van der Waals surface area contributed by atoms with Crippen LogP contribution in [0.15, 0.2) is 36.7 Å². The number of nitrogens with one attached hydrogen (secondary N) is 1. The van der Waals surface area contributed by atoms with Crippen LogP contribution in [-0.4, -0.2) is 17.0 Å². The maximum Gasteiger partial charge on any atom is 0.149 e. The van der Waals surface area contributed by atoms with Crippen LogP contribution in [-0.2, 0) is 0 Å². The van der Waals surface area contributed by atoms with Crippen molar-refractivity contribution in [1.82, 2.24) is 15.3 Å². The lowest BCUT2D eigenvalue weighted by Crippen LogP contribution is -2.20. The lowest BCUT2D eigenvalue weighted by Gasteiger charge is -2.15. The van der Waals surface area contributed by atoms with Crippen molar-refractivity contribution in [2.24, 2.45) is 0 Å². The second kappa shape index (κ2) is 5.45. The molecule has 0 amide bonds. The predicted molar refractivity (Wildman–Crippen MR) is 69.4 cm³/mol. The van der Waals surface area contributed by atoms with Gasteiger partial charge < -0.3 is 5.32 Å². The Bertz CT molecular complexity index is 502. The van der Waals surface area contributed by atoms with Gasteiger partial charge in [-0.3, -0.25) is 0 Å². The van der Waals surface area contributed by atoms with E-state index in [1.165, 1.54) is 0 Å². The summed E-state index contributed by atoms with van der Waals surface area (Å²) in [6, 6.07) is 7.19. The van der Waals surface area contributed by atoms with Gasteiger partial charge in [0.25, 0.3) is 0 Å². The second-order valence-electron chi connectivity index (χ2n) is 3.50. The molecule has 3 nitrogen and oxygen atoms in total. The average molecular weight is 268 g/mol. The molecule has 0 bridgehead atoms. The van der Waals surface area contributed by atoms with Crippen LogP contribution < -0.4 is 5.32 Å². The quantitative estimate of drug-likeness (QED) is 0.929. The van der Waals surface area contributed by atoms with E-state index in [2.05, 4.69) is 15.3 Å². The molecular formula is C12H11Cl2N3. The van der Waals surface area contributed by atoms with Crippen LogP contribution in [0, 0.1) is 0 Å². The summed E-state index contributed by atoms with van der Waals surface area (Å²) < 4.78 is 0. The first-order chi connectivity index (χ1) is 8.22. The van der Waals surface area contributed by atoms with Gasteiger partial charge in [-0.1, -0.05) is 29.3 Å². The van der Waals surface area contributed by atoms with Gasteiger partial charge in [0.2, 0.25) is 0 Å². The Morgan fingerprint density at radius 2 is 1.82 bits per heavy atom. The van der Waals surface area contributed by atoms with Gasteiger partial charge in [-0.25, -0.2) is 9.97 Å². The van der Waals surface area contributed by atoms with Crippen molar-refractivity contribution >= 4 is 23.2 Å². The van der Waals surface area contributed by atoms with E-state index in [1.54, 1.807) is 24.5 Å². The normalized spacial score (nSPS) is 12.4. The van der Waals surface area contributed by atoms with Crippen molar-refractivity contribution in [2.45, 2.75) is 6.04 Å². The van der Waals surface area contributed by atoms with Crippen molar-refractivity contribution < 1.29 is 0 Å². The molecular weight excluding hydrogens is 257 g/mol. The average Bonchev–Trinajstić information content (AvgIpc) is 2.36. The molecule has 5 heteroatoms. The zero-order chi connectivity index (χ0) is 12.3. The molecule has 1 aromatic carbocycles. The predicted octanol–water partition coefficient (Wildman–Crippen LogP) is 3.09. The molecule has 0 spiro atoms. The molecule has 1 heterocycles. The van der Waals surface area contributed by atoms with E-state index in [1.807, 2.05) is 19.2 Å². The maximum atomic E-state index is 6.00. The lowest BCUT2D eigenvalue weighted by atomic mass is 10.1. The van der Waals surface area contributed by atoms with Gasteiger partial charge in [-0.2, -0.15) is 0 Å². The molecule has 1 unspecified atom stereocenters. The van der Waals surface area contributed by atoms with Gasteiger partial charge in [0.05, 0.1) is 16.1 Å². The van der Waals surface area contributed by atoms with Gasteiger partial charge in [0.1, 0.15) is 5.82 Å². The molecule has 1 atom stereocenters. The standard InChI is InChI=1S/C12H11Cl2N3/c1-15-11(12-16-5-2-6-17-12)8-3-4-9(13)10(14)7-8/h2-7,11,15H,1H3. The van der Waals surface area contributed by atoms with Crippen molar-refractivity contribution in [3.8, 4) is 0 Å². The first-order valence-electron chi connectivity index (χ1n) is 5.11. The summed E-state index contributed by atoms with van der Waals surface area (Å²) in [5, 5.41) is 4.22. The number of hydrogen-bond acceptors (Lipinski definition) is 3. The lowest BCUT2D eigenvalue weighted by molar-refractivity contribution is 0.646. The van der Waals surface area contributed by atoms with Gasteiger partial charge in [0, 0.05) is 12.4 Å². The highest BCUT2D eigenvalue weighted by Crippen LogP contribution is 2.27. The van der Waals surface area contributed by atoms with Crippen LogP contribution >= 0.6 is 23.2 Å². The first kappa shape index (κ1) is 12.3. The minimum atomic E-state index is -0.0917. The summed E-state index contributed by atoms with van der Waals surface area (Å²) >= 11 is 11.9. The van der Waals surface area contributed by atoms with Crippen LogP contribution in [0.2, 0.25) is 10.0 Å². The number of halogens is 2. The molecule has 2 aromatic rings. The molecule has 88 valence electrons. The zero-order valence-electron chi connectivity index (χ0n) is 9.19. The Balaban J connectivity index is 2.39. The Hall–Kier alpha value is -1.16. The van der Waals surface area contributed by atoms with E-state index in [9.17, 15) is 0 Å². The van der Waals surface area contributed by atoms with E-state index in [-0.39, 0.29) is 6.04 Å². The molecule has 0 aliphatic carbocycles. The number of benzene rings is 1. The number of aromatic nitrogens is 2. The topological polar surface area (TPSA) is 37.8 Å². The molecule has 0 saturated heterocycles. The molecule has 17 heavy (non-hydrogen) atoms. The van der Waals surface area contributed by atoms with E-state index >= 15 is 0 Å².